The van der Waals surface area contributed by atoms with Crippen LogP contribution in [0.3, 0.4) is 0 Å². The number of nitrogens with zero attached hydrogens (tertiary/aromatic N) is 1. The third-order valence-electron chi connectivity index (χ3n) is 14.0. The van der Waals surface area contributed by atoms with Crippen molar-refractivity contribution in [2.45, 2.75) is 5.41 Å². The van der Waals surface area contributed by atoms with Crippen LogP contribution >= 0.6 is 0 Å². The molecule has 13 rings (SSSR count). The maximum absolute atomic E-state index is 6.32. The molecule has 2 nitrogen and oxygen atoms in total. The van der Waals surface area contributed by atoms with E-state index >= 15 is 0 Å². The molecule has 0 bridgehead atoms. The molecule has 0 atom stereocenters. The highest BCUT2D eigenvalue weighted by atomic mass is 16.3. The molecule has 1 heterocycles. The van der Waals surface area contributed by atoms with E-state index in [-0.39, 0.29) is 0 Å². The molecule has 11 aromatic carbocycles. The Labute approximate surface area is 390 Å². The van der Waals surface area contributed by atoms with Gasteiger partial charge >= 0.3 is 0 Å². The second kappa shape index (κ2) is 15.8. The van der Waals surface area contributed by atoms with Crippen molar-refractivity contribution < 1.29 is 4.42 Å². The topological polar surface area (TPSA) is 16.4 Å². The van der Waals surface area contributed by atoms with Crippen LogP contribution in [0.1, 0.15) is 22.3 Å². The summed E-state index contributed by atoms with van der Waals surface area (Å²) in [6, 6.07) is 95.2. The zero-order chi connectivity index (χ0) is 44.3. The first kappa shape index (κ1) is 38.7. The van der Waals surface area contributed by atoms with E-state index < -0.39 is 5.41 Å². The Hall–Kier alpha value is -8.72. The number of hydrogen-bond acceptors (Lipinski definition) is 2. The molecular weight excluding hydrogens is 811 g/mol. The van der Waals surface area contributed by atoms with Gasteiger partial charge in [-0.05, 0) is 109 Å². The van der Waals surface area contributed by atoms with Gasteiger partial charge in [-0.3, -0.25) is 0 Å². The van der Waals surface area contributed by atoms with Gasteiger partial charge in [0.05, 0.1) is 16.8 Å². The van der Waals surface area contributed by atoms with Gasteiger partial charge in [0.25, 0.3) is 0 Å². The summed E-state index contributed by atoms with van der Waals surface area (Å²) < 4.78 is 6.32. The summed E-state index contributed by atoms with van der Waals surface area (Å²) in [5.41, 5.74) is 19.1. The molecular formula is C65H43NO. The van der Waals surface area contributed by atoms with Gasteiger partial charge in [0, 0.05) is 27.6 Å². The first-order valence-corrected chi connectivity index (χ1v) is 23.1. The number of benzene rings is 11. The zero-order valence-electron chi connectivity index (χ0n) is 36.7. The van der Waals surface area contributed by atoms with Crippen LogP contribution in [0.25, 0.3) is 77.2 Å². The molecule has 0 spiro atoms. The van der Waals surface area contributed by atoms with E-state index in [1.165, 1.54) is 60.8 Å². The van der Waals surface area contributed by atoms with Crippen molar-refractivity contribution in [1.82, 2.24) is 0 Å². The molecule has 1 aromatic heterocycles. The van der Waals surface area contributed by atoms with Crippen molar-refractivity contribution in [2.24, 2.45) is 0 Å². The number of anilines is 3. The van der Waals surface area contributed by atoms with Gasteiger partial charge < -0.3 is 9.32 Å². The predicted octanol–water partition coefficient (Wildman–Crippen LogP) is 17.6. The van der Waals surface area contributed by atoms with Gasteiger partial charge in [-0.25, -0.2) is 0 Å². The second-order valence-electron chi connectivity index (χ2n) is 17.5. The highest BCUT2D eigenvalue weighted by molar-refractivity contribution is 6.07. The van der Waals surface area contributed by atoms with E-state index in [2.05, 4.69) is 254 Å². The van der Waals surface area contributed by atoms with E-state index in [1.54, 1.807) is 0 Å². The Balaban J connectivity index is 1.01. The Morgan fingerprint density at radius 3 is 1.61 bits per heavy atom. The highest BCUT2D eigenvalue weighted by Crippen LogP contribution is 2.60. The van der Waals surface area contributed by atoms with Crippen LogP contribution in [0, 0.1) is 0 Å². The zero-order valence-corrected chi connectivity index (χ0v) is 36.7. The van der Waals surface area contributed by atoms with Gasteiger partial charge in [-0.1, -0.05) is 218 Å². The Bertz CT molecular complexity index is 3750. The molecule has 0 radical (unpaired) electrons. The first-order chi connectivity index (χ1) is 33.2. The van der Waals surface area contributed by atoms with Crippen molar-refractivity contribution in [2.75, 3.05) is 4.90 Å². The lowest BCUT2D eigenvalue weighted by Crippen LogP contribution is -2.28. The van der Waals surface area contributed by atoms with Gasteiger partial charge in [0.1, 0.15) is 11.2 Å². The van der Waals surface area contributed by atoms with Gasteiger partial charge in [0.2, 0.25) is 0 Å². The lowest BCUT2D eigenvalue weighted by Gasteiger charge is -2.34. The van der Waals surface area contributed by atoms with Crippen LogP contribution in [0.15, 0.2) is 265 Å². The normalized spacial score (nSPS) is 12.6. The van der Waals surface area contributed by atoms with Crippen molar-refractivity contribution in [3.05, 3.63) is 283 Å². The SMILES string of the molecule is c1ccc(C2(c3ccccc3)c3ccccc3-c3c(N(c4ccc(-c5ccc(-c6cccc7ccccc67)cc5)cc4)c4ccccc4-c4ccc5oc6ccccc6c5c4)cccc32)cc1. The summed E-state index contributed by atoms with van der Waals surface area (Å²) in [7, 11) is 0. The van der Waals surface area contributed by atoms with E-state index in [1.807, 2.05) is 12.1 Å². The monoisotopic (exact) mass is 853 g/mol. The molecule has 0 amide bonds. The number of para-hydroxylation sites is 2. The molecule has 314 valence electrons. The molecule has 0 aliphatic heterocycles. The molecule has 0 saturated carbocycles. The minimum atomic E-state index is -0.537. The lowest BCUT2D eigenvalue weighted by molar-refractivity contribution is 0.669. The summed E-state index contributed by atoms with van der Waals surface area (Å²) in [4.78, 5) is 2.49. The third-order valence-corrected chi connectivity index (χ3v) is 14.0. The van der Waals surface area contributed by atoms with Crippen LogP contribution in [-0.2, 0) is 5.41 Å². The Kier molecular flexibility index (Phi) is 9.11. The van der Waals surface area contributed by atoms with Crippen LogP contribution in [0.4, 0.5) is 17.1 Å². The van der Waals surface area contributed by atoms with Crippen LogP contribution < -0.4 is 4.90 Å². The summed E-state index contributed by atoms with van der Waals surface area (Å²) in [6.45, 7) is 0. The summed E-state index contributed by atoms with van der Waals surface area (Å²) >= 11 is 0. The second-order valence-corrected chi connectivity index (χ2v) is 17.5. The van der Waals surface area contributed by atoms with E-state index in [0.717, 1.165) is 55.7 Å². The average Bonchev–Trinajstić information content (AvgIpc) is 3.93. The van der Waals surface area contributed by atoms with E-state index in [0.29, 0.717) is 0 Å². The standard InChI is InChI=1S/C65H43NO/c1-3-19-49(20-4-1)65(50-21-5-2-6-22-50)58-28-12-9-26-56(58)64-59(65)29-16-31-61(64)66(60-30-13-10-24-54(60)48-39-42-63-57(43-48)55-25-11-14-32-62(55)67-63)51-40-37-45(38-41-51)44-33-35-47(36-34-44)53-27-15-18-46-17-7-8-23-52(46)53/h1-43H. The summed E-state index contributed by atoms with van der Waals surface area (Å²) in [5.74, 6) is 0. The molecule has 2 heteroatoms. The Morgan fingerprint density at radius 2 is 0.836 bits per heavy atom. The molecule has 12 aromatic rings. The summed E-state index contributed by atoms with van der Waals surface area (Å²) in [6.07, 6.45) is 0. The van der Waals surface area contributed by atoms with Gasteiger partial charge in [0.15, 0.2) is 0 Å². The van der Waals surface area contributed by atoms with Crippen molar-refractivity contribution in [3.63, 3.8) is 0 Å². The maximum Gasteiger partial charge on any atom is 0.135 e. The van der Waals surface area contributed by atoms with Gasteiger partial charge in [-0.15, -0.1) is 0 Å². The average molecular weight is 854 g/mol. The van der Waals surface area contributed by atoms with Crippen molar-refractivity contribution in [3.8, 4) is 44.5 Å². The molecule has 1 aliphatic carbocycles. The van der Waals surface area contributed by atoms with Crippen molar-refractivity contribution >= 4 is 49.8 Å². The number of fused-ring (bicyclic) bond motifs is 7. The minimum absolute atomic E-state index is 0.537. The van der Waals surface area contributed by atoms with Crippen LogP contribution in [-0.4, -0.2) is 0 Å². The van der Waals surface area contributed by atoms with Crippen molar-refractivity contribution in [1.29, 1.82) is 0 Å². The number of rotatable bonds is 8. The molecule has 0 N–H and O–H groups in total. The number of hydrogen-bond donors (Lipinski definition) is 0. The summed E-state index contributed by atoms with van der Waals surface area (Å²) in [5, 5.41) is 4.74. The predicted molar refractivity (Wildman–Crippen MR) is 280 cm³/mol. The quantitative estimate of drug-likeness (QED) is 0.151. The van der Waals surface area contributed by atoms with Crippen LogP contribution in [0.5, 0.6) is 0 Å². The lowest BCUT2D eigenvalue weighted by atomic mass is 9.68. The molecule has 0 fully saturated rings. The third kappa shape index (κ3) is 6.18. The molecule has 0 saturated heterocycles. The number of furan rings is 1. The van der Waals surface area contributed by atoms with E-state index in [9.17, 15) is 0 Å². The fourth-order valence-electron chi connectivity index (χ4n) is 11.0. The molecule has 0 unspecified atom stereocenters. The fourth-order valence-corrected chi connectivity index (χ4v) is 11.0. The molecule has 1 aliphatic rings. The minimum Gasteiger partial charge on any atom is -0.456 e. The Morgan fingerprint density at radius 1 is 0.313 bits per heavy atom. The highest BCUT2D eigenvalue weighted by Gasteiger charge is 2.47. The van der Waals surface area contributed by atoms with Crippen LogP contribution in [0.2, 0.25) is 0 Å². The fraction of sp³-hybridized carbons (Fsp3) is 0.0154. The first-order valence-electron chi connectivity index (χ1n) is 23.1. The smallest absolute Gasteiger partial charge is 0.135 e. The van der Waals surface area contributed by atoms with Gasteiger partial charge in [-0.2, -0.15) is 0 Å². The largest absolute Gasteiger partial charge is 0.456 e. The van der Waals surface area contributed by atoms with E-state index in [4.69, 9.17) is 4.42 Å². The maximum atomic E-state index is 6.32. The molecule has 67 heavy (non-hydrogen) atoms.